The summed E-state index contributed by atoms with van der Waals surface area (Å²) in [6.07, 6.45) is 3.18. The number of aliphatic hydroxyl groups is 1. The molecule has 5 atom stereocenters. The molecule has 114 valence electrons. The molecule has 1 aromatic carbocycles. The second kappa shape index (κ2) is 5.03. The van der Waals surface area contributed by atoms with Gasteiger partial charge < -0.3 is 5.11 Å². The standard InChI is InChI=1S/C17H23NO2S/c1-16(2)13-9-10-17(16,3)15(19)14(13)21(20)18-11-12-7-5-4-6-8-12/h4-8,11,13-15,19H,9-10H2,1-3H3/b18-11+/t13-,14-,15-,17+,21?/m1/s1. The Kier molecular flexibility index (Phi) is 3.57. The minimum Gasteiger partial charge on any atom is -0.391 e. The molecule has 0 spiro atoms. The third kappa shape index (κ3) is 2.11. The Bertz CT molecular complexity index is 584. The summed E-state index contributed by atoms with van der Waals surface area (Å²) in [5.74, 6) is 0.284. The van der Waals surface area contributed by atoms with Crippen LogP contribution in [0, 0.1) is 16.7 Å². The lowest BCUT2D eigenvalue weighted by Crippen LogP contribution is -2.41. The maximum Gasteiger partial charge on any atom is 0.145 e. The first-order valence-electron chi connectivity index (χ1n) is 7.56. The normalized spacial score (nSPS) is 39.0. The fourth-order valence-electron chi connectivity index (χ4n) is 4.22. The summed E-state index contributed by atoms with van der Waals surface area (Å²) in [5.41, 5.74) is 0.823. The molecule has 0 radical (unpaired) electrons. The quantitative estimate of drug-likeness (QED) is 0.873. The van der Waals surface area contributed by atoms with E-state index in [1.165, 1.54) is 0 Å². The first-order chi connectivity index (χ1) is 9.88. The van der Waals surface area contributed by atoms with Gasteiger partial charge in [-0.3, -0.25) is 0 Å². The number of aliphatic hydroxyl groups excluding tert-OH is 1. The second-order valence-corrected chi connectivity index (χ2v) is 8.42. The van der Waals surface area contributed by atoms with Gasteiger partial charge in [-0.15, -0.1) is 0 Å². The summed E-state index contributed by atoms with van der Waals surface area (Å²) in [4.78, 5) is 0. The molecule has 0 aliphatic heterocycles. The molecular formula is C17H23NO2S. The third-order valence-corrected chi connectivity index (χ3v) is 7.44. The number of fused-ring (bicyclic) bond motifs is 2. The number of hydrogen-bond acceptors (Lipinski definition) is 2. The summed E-state index contributed by atoms with van der Waals surface area (Å²) in [5, 5.41) is 10.4. The maximum absolute atomic E-state index is 12.6. The summed E-state index contributed by atoms with van der Waals surface area (Å²) in [6.45, 7) is 6.54. The Morgan fingerprint density at radius 1 is 1.29 bits per heavy atom. The van der Waals surface area contributed by atoms with Crippen LogP contribution in [0.15, 0.2) is 34.7 Å². The molecule has 1 aromatic rings. The van der Waals surface area contributed by atoms with Gasteiger partial charge in [-0.1, -0.05) is 51.1 Å². The van der Waals surface area contributed by atoms with Gasteiger partial charge in [-0.2, -0.15) is 4.40 Å². The minimum absolute atomic E-state index is 0.0228. The highest BCUT2D eigenvalue weighted by molar-refractivity contribution is 7.84. The molecule has 0 saturated heterocycles. The molecular weight excluding hydrogens is 282 g/mol. The van der Waals surface area contributed by atoms with Gasteiger partial charge in [0.2, 0.25) is 0 Å². The molecule has 2 aliphatic carbocycles. The molecule has 2 saturated carbocycles. The van der Waals surface area contributed by atoms with Crippen LogP contribution in [-0.4, -0.2) is 26.9 Å². The molecule has 3 rings (SSSR count). The summed E-state index contributed by atoms with van der Waals surface area (Å²) in [6, 6.07) is 9.67. The van der Waals surface area contributed by atoms with E-state index >= 15 is 0 Å². The van der Waals surface area contributed by atoms with Crippen LogP contribution in [0.1, 0.15) is 39.2 Å². The lowest BCUT2D eigenvalue weighted by atomic mass is 9.70. The van der Waals surface area contributed by atoms with Crippen molar-refractivity contribution in [2.75, 3.05) is 0 Å². The van der Waals surface area contributed by atoms with E-state index in [2.05, 4.69) is 25.2 Å². The van der Waals surface area contributed by atoms with Gasteiger partial charge in [-0.05, 0) is 29.7 Å². The van der Waals surface area contributed by atoms with E-state index in [1.807, 2.05) is 30.3 Å². The molecule has 0 aromatic heterocycles. The van der Waals surface area contributed by atoms with Gasteiger partial charge in [0, 0.05) is 11.6 Å². The third-order valence-electron chi connectivity index (χ3n) is 6.07. The SMILES string of the molecule is CC1(C)[C@@H]2CC[C@@]1(C)[C@H](O)[C@@H]2S(=O)/N=C/c1ccccc1. The van der Waals surface area contributed by atoms with Crippen LogP contribution in [0.25, 0.3) is 0 Å². The van der Waals surface area contributed by atoms with Crippen LogP contribution in [0.5, 0.6) is 0 Å². The molecule has 3 nitrogen and oxygen atoms in total. The van der Waals surface area contributed by atoms with Gasteiger partial charge >= 0.3 is 0 Å². The van der Waals surface area contributed by atoms with Crippen molar-refractivity contribution in [3.8, 4) is 0 Å². The Morgan fingerprint density at radius 3 is 2.52 bits per heavy atom. The lowest BCUT2D eigenvalue weighted by Gasteiger charge is -2.36. The average Bonchev–Trinajstić information content (AvgIpc) is 2.78. The van der Waals surface area contributed by atoms with Gasteiger partial charge in [-0.25, -0.2) is 4.21 Å². The molecule has 1 N–H and O–H groups in total. The zero-order valence-electron chi connectivity index (χ0n) is 12.8. The van der Waals surface area contributed by atoms with Crippen LogP contribution in [0.3, 0.4) is 0 Å². The van der Waals surface area contributed by atoms with E-state index < -0.39 is 17.1 Å². The van der Waals surface area contributed by atoms with Gasteiger partial charge in [0.25, 0.3) is 0 Å². The Balaban J connectivity index is 1.82. The first kappa shape index (κ1) is 14.9. The second-order valence-electron chi connectivity index (χ2n) is 7.12. The van der Waals surface area contributed by atoms with Crippen molar-refractivity contribution in [3.05, 3.63) is 35.9 Å². The number of benzene rings is 1. The largest absolute Gasteiger partial charge is 0.391 e. The van der Waals surface area contributed by atoms with Crippen molar-refractivity contribution in [1.82, 2.24) is 0 Å². The molecule has 4 heteroatoms. The number of rotatable bonds is 3. The van der Waals surface area contributed by atoms with Crippen molar-refractivity contribution in [3.63, 3.8) is 0 Å². The highest BCUT2D eigenvalue weighted by Gasteiger charge is 2.67. The van der Waals surface area contributed by atoms with E-state index in [0.29, 0.717) is 0 Å². The van der Waals surface area contributed by atoms with Crippen molar-refractivity contribution in [1.29, 1.82) is 0 Å². The van der Waals surface area contributed by atoms with E-state index in [9.17, 15) is 9.32 Å². The fraction of sp³-hybridized carbons (Fsp3) is 0.588. The molecule has 2 fully saturated rings. The zero-order valence-corrected chi connectivity index (χ0v) is 13.6. The fourth-order valence-corrected chi connectivity index (χ4v) is 5.87. The molecule has 0 amide bonds. The van der Waals surface area contributed by atoms with E-state index in [1.54, 1.807) is 6.21 Å². The van der Waals surface area contributed by atoms with E-state index in [-0.39, 0.29) is 22.0 Å². The topological polar surface area (TPSA) is 49.7 Å². The van der Waals surface area contributed by atoms with E-state index in [0.717, 1.165) is 18.4 Å². The molecule has 2 bridgehead atoms. The van der Waals surface area contributed by atoms with Crippen molar-refractivity contribution >= 4 is 17.2 Å². The molecule has 1 unspecified atom stereocenters. The smallest absolute Gasteiger partial charge is 0.145 e. The van der Waals surface area contributed by atoms with Crippen molar-refractivity contribution < 1.29 is 9.32 Å². The first-order valence-corrected chi connectivity index (χ1v) is 8.73. The van der Waals surface area contributed by atoms with Gasteiger partial charge in [0.05, 0.1) is 11.4 Å². The predicted octanol–water partition coefficient (Wildman–Crippen LogP) is 2.95. The predicted molar refractivity (Wildman–Crippen MR) is 86.6 cm³/mol. The Labute approximate surface area is 129 Å². The number of nitrogens with zero attached hydrogens (tertiary/aromatic N) is 1. The monoisotopic (exact) mass is 305 g/mol. The molecule has 21 heavy (non-hydrogen) atoms. The van der Waals surface area contributed by atoms with Crippen LogP contribution in [0.4, 0.5) is 0 Å². The minimum atomic E-state index is -1.38. The molecule has 0 heterocycles. The van der Waals surface area contributed by atoms with E-state index in [4.69, 9.17) is 0 Å². The maximum atomic E-state index is 12.6. The number of hydrogen-bond donors (Lipinski definition) is 1. The average molecular weight is 305 g/mol. The van der Waals surface area contributed by atoms with Crippen molar-refractivity contribution in [2.45, 2.75) is 45.0 Å². The highest BCUT2D eigenvalue weighted by atomic mass is 32.2. The highest BCUT2D eigenvalue weighted by Crippen LogP contribution is 2.66. The van der Waals surface area contributed by atoms with Gasteiger partial charge in [0.15, 0.2) is 0 Å². The van der Waals surface area contributed by atoms with Crippen LogP contribution >= 0.6 is 0 Å². The summed E-state index contributed by atoms with van der Waals surface area (Å²) in [7, 11) is -1.38. The summed E-state index contributed by atoms with van der Waals surface area (Å²) >= 11 is 0. The Hall–Kier alpha value is -1.00. The van der Waals surface area contributed by atoms with Gasteiger partial charge in [0.1, 0.15) is 11.0 Å². The van der Waals surface area contributed by atoms with Crippen LogP contribution in [-0.2, 0) is 11.0 Å². The lowest BCUT2D eigenvalue weighted by molar-refractivity contribution is 0.0144. The van der Waals surface area contributed by atoms with Crippen molar-refractivity contribution in [2.24, 2.45) is 21.1 Å². The molecule has 2 aliphatic rings. The zero-order chi connectivity index (χ0) is 15.3. The Morgan fingerprint density at radius 2 is 1.95 bits per heavy atom. The van der Waals surface area contributed by atoms with Crippen LogP contribution in [0.2, 0.25) is 0 Å². The summed E-state index contributed by atoms with van der Waals surface area (Å²) < 4.78 is 16.8. The van der Waals surface area contributed by atoms with Crippen LogP contribution < -0.4 is 0 Å².